The maximum Gasteiger partial charge on any atom is 0.248 e. The van der Waals surface area contributed by atoms with E-state index in [-0.39, 0.29) is 30.1 Å². The van der Waals surface area contributed by atoms with Gasteiger partial charge < -0.3 is 14.7 Å². The summed E-state index contributed by atoms with van der Waals surface area (Å²) in [5.74, 6) is 1.24. The second-order valence-corrected chi connectivity index (χ2v) is 10.6. The fraction of sp³-hybridized carbons (Fsp3) is 0.607. The van der Waals surface area contributed by atoms with E-state index in [4.69, 9.17) is 4.74 Å². The Kier molecular flexibility index (Phi) is 8.35. The molecule has 0 aliphatic heterocycles. The van der Waals surface area contributed by atoms with Crippen LogP contribution in [0.3, 0.4) is 0 Å². The normalized spacial score (nSPS) is 25.2. The Balaban J connectivity index is 1.41. The Bertz CT molecular complexity index is 835. The number of likely N-dealkylation sites (N-methyl/N-ethyl adjacent to an activating group) is 1. The van der Waals surface area contributed by atoms with Gasteiger partial charge in [0.15, 0.2) is 0 Å². The molecule has 176 valence electrons. The molecule has 0 unspecified atom stereocenters. The first-order chi connectivity index (χ1) is 15.1. The first-order valence-corrected chi connectivity index (χ1v) is 12.1. The van der Waals surface area contributed by atoms with Gasteiger partial charge in [0.1, 0.15) is 6.61 Å². The number of nitrogens with zero attached hydrogens (tertiary/aromatic N) is 1. The van der Waals surface area contributed by atoms with Crippen LogP contribution in [0.1, 0.15) is 57.6 Å². The number of aliphatic hydroxyl groups excluding tert-OH is 1. The molecule has 0 bridgehead atoms. The maximum absolute atomic E-state index is 12.2. The largest absolute Gasteiger partial charge is 0.392 e. The third-order valence-electron chi connectivity index (χ3n) is 7.16. The van der Waals surface area contributed by atoms with Gasteiger partial charge in [0.2, 0.25) is 5.91 Å². The molecule has 4 atom stereocenters. The van der Waals surface area contributed by atoms with Gasteiger partial charge in [-0.2, -0.15) is 0 Å². The van der Waals surface area contributed by atoms with E-state index in [0.29, 0.717) is 18.4 Å². The van der Waals surface area contributed by atoms with Crippen molar-refractivity contribution in [3.8, 4) is 0 Å². The lowest BCUT2D eigenvalue weighted by molar-refractivity contribution is -0.139. The topological polar surface area (TPSA) is 49.8 Å². The number of benzene rings is 1. The molecule has 1 saturated carbocycles. The zero-order valence-electron chi connectivity index (χ0n) is 20.5. The number of rotatable bonds is 9. The Morgan fingerprint density at radius 2 is 2.06 bits per heavy atom. The summed E-state index contributed by atoms with van der Waals surface area (Å²) >= 11 is 0. The van der Waals surface area contributed by atoms with Crippen molar-refractivity contribution in [3.63, 3.8) is 0 Å². The molecule has 1 N–H and O–H groups in total. The van der Waals surface area contributed by atoms with Crippen LogP contribution in [0.5, 0.6) is 0 Å². The number of ether oxygens (including phenoxy) is 1. The molecule has 1 fully saturated rings. The summed E-state index contributed by atoms with van der Waals surface area (Å²) in [6, 6.07) is 8.68. The number of carbonyl (C=O) groups excluding carboxylic acids is 1. The summed E-state index contributed by atoms with van der Waals surface area (Å²) in [5, 5.41) is 10.6. The number of aryl methyl sites for hydroxylation is 2. The molecule has 4 heteroatoms. The zero-order valence-corrected chi connectivity index (χ0v) is 20.5. The summed E-state index contributed by atoms with van der Waals surface area (Å²) in [5.41, 5.74) is 3.91. The molecule has 32 heavy (non-hydrogen) atoms. The molecular formula is C28H41NO3. The van der Waals surface area contributed by atoms with E-state index in [0.717, 1.165) is 32.1 Å². The minimum Gasteiger partial charge on any atom is -0.392 e. The van der Waals surface area contributed by atoms with Gasteiger partial charge in [-0.1, -0.05) is 53.6 Å². The van der Waals surface area contributed by atoms with E-state index in [1.807, 2.05) is 27.8 Å². The quantitative estimate of drug-likeness (QED) is 0.431. The van der Waals surface area contributed by atoms with Crippen LogP contribution in [-0.2, 0) is 16.0 Å². The summed E-state index contributed by atoms with van der Waals surface area (Å²) in [4.78, 5) is 13.9. The number of amides is 1. The predicted octanol–water partition coefficient (Wildman–Crippen LogP) is 5.09. The van der Waals surface area contributed by atoms with E-state index in [1.54, 1.807) is 4.90 Å². The molecular weight excluding hydrogens is 398 g/mol. The molecule has 2 aliphatic rings. The van der Waals surface area contributed by atoms with Gasteiger partial charge >= 0.3 is 0 Å². The lowest BCUT2D eigenvalue weighted by atomic mass is 9.89. The summed E-state index contributed by atoms with van der Waals surface area (Å²) in [7, 11) is 1.83. The molecule has 1 aromatic carbocycles. The van der Waals surface area contributed by atoms with Crippen molar-refractivity contribution in [1.29, 1.82) is 0 Å². The van der Waals surface area contributed by atoms with Crippen LogP contribution in [0.25, 0.3) is 0 Å². The van der Waals surface area contributed by atoms with E-state index in [2.05, 4.69) is 49.4 Å². The van der Waals surface area contributed by atoms with E-state index in [9.17, 15) is 9.90 Å². The number of carbonyl (C=O) groups is 1. The van der Waals surface area contributed by atoms with E-state index >= 15 is 0 Å². The lowest BCUT2D eigenvalue weighted by Gasteiger charge is -2.31. The average Bonchev–Trinajstić information content (AvgIpc) is 3.24. The van der Waals surface area contributed by atoms with Crippen LogP contribution in [0.15, 0.2) is 48.1 Å². The number of allylic oxidation sites excluding steroid dienone is 2. The third kappa shape index (κ3) is 6.55. The summed E-state index contributed by atoms with van der Waals surface area (Å²) in [6.45, 7) is 8.92. The van der Waals surface area contributed by atoms with E-state index in [1.165, 1.54) is 16.7 Å². The van der Waals surface area contributed by atoms with Gasteiger partial charge in [-0.05, 0) is 77.2 Å². The summed E-state index contributed by atoms with van der Waals surface area (Å²) in [6.07, 6.45) is 11.5. The van der Waals surface area contributed by atoms with Crippen LogP contribution in [-0.4, -0.2) is 47.8 Å². The second kappa shape index (κ2) is 10.8. The number of aliphatic hydroxyl groups is 1. The second-order valence-electron chi connectivity index (χ2n) is 10.6. The minimum atomic E-state index is -0.236. The molecule has 3 rings (SSSR count). The van der Waals surface area contributed by atoms with Crippen LogP contribution < -0.4 is 0 Å². The first kappa shape index (κ1) is 24.7. The van der Waals surface area contributed by atoms with Crippen molar-refractivity contribution in [2.45, 2.75) is 71.4 Å². The Labute approximate surface area is 194 Å². The zero-order chi connectivity index (χ0) is 23.3. The minimum absolute atomic E-state index is 0.0220. The van der Waals surface area contributed by atoms with Crippen molar-refractivity contribution in [1.82, 2.24) is 4.90 Å². The molecule has 0 saturated heterocycles. The van der Waals surface area contributed by atoms with Crippen molar-refractivity contribution in [3.05, 3.63) is 59.2 Å². The number of hydrogen-bond donors (Lipinski definition) is 1. The third-order valence-corrected chi connectivity index (χ3v) is 7.16. The van der Waals surface area contributed by atoms with Crippen LogP contribution in [0.2, 0.25) is 0 Å². The molecule has 1 amide bonds. The number of hydrogen-bond acceptors (Lipinski definition) is 3. The molecule has 1 aromatic rings. The monoisotopic (exact) mass is 439 g/mol. The molecule has 4 nitrogen and oxygen atoms in total. The average molecular weight is 440 g/mol. The molecule has 2 aliphatic carbocycles. The van der Waals surface area contributed by atoms with Crippen molar-refractivity contribution in [2.24, 2.45) is 17.8 Å². The van der Waals surface area contributed by atoms with Gasteiger partial charge in [-0.3, -0.25) is 4.79 Å². The van der Waals surface area contributed by atoms with Gasteiger partial charge in [-0.25, -0.2) is 0 Å². The fourth-order valence-electron chi connectivity index (χ4n) is 5.00. The highest BCUT2D eigenvalue weighted by Gasteiger charge is 2.43. The van der Waals surface area contributed by atoms with Crippen LogP contribution in [0, 0.1) is 24.7 Å². The lowest BCUT2D eigenvalue weighted by Crippen LogP contribution is -2.44. The highest BCUT2D eigenvalue weighted by atomic mass is 16.5. The van der Waals surface area contributed by atoms with Gasteiger partial charge in [0.05, 0.1) is 12.7 Å². The maximum atomic E-state index is 12.2. The summed E-state index contributed by atoms with van der Waals surface area (Å²) < 4.78 is 5.68. The standard InChI is InChI=1S/C28H41NO3/c1-20-9-8-11-21(15-20)10-6-7-12-24-25-17-22(16-23(25)18-26(24)30)13-14-32-19-27(31)29(5)28(2,3)4/h7-9,11-12,15-16,23-26,30H,6,10,13-14,17-19H2,1-5H3/t23-,24+,25-,26+/m0/s1. The Hall–Kier alpha value is -1.91. The van der Waals surface area contributed by atoms with Gasteiger partial charge in [0, 0.05) is 18.5 Å². The fourth-order valence-corrected chi connectivity index (χ4v) is 5.00. The smallest absolute Gasteiger partial charge is 0.248 e. The molecule has 0 spiro atoms. The molecule has 0 heterocycles. The Morgan fingerprint density at radius 1 is 1.28 bits per heavy atom. The van der Waals surface area contributed by atoms with E-state index < -0.39 is 0 Å². The van der Waals surface area contributed by atoms with Crippen molar-refractivity contribution < 1.29 is 14.6 Å². The van der Waals surface area contributed by atoms with Crippen LogP contribution in [0.4, 0.5) is 0 Å². The molecule has 0 aromatic heterocycles. The van der Waals surface area contributed by atoms with Gasteiger partial charge in [0.25, 0.3) is 0 Å². The highest BCUT2D eigenvalue weighted by molar-refractivity contribution is 5.77. The first-order valence-electron chi connectivity index (χ1n) is 12.1. The Morgan fingerprint density at radius 3 is 2.78 bits per heavy atom. The molecule has 0 radical (unpaired) electrons. The van der Waals surface area contributed by atoms with Crippen molar-refractivity contribution in [2.75, 3.05) is 20.3 Å². The van der Waals surface area contributed by atoms with Crippen molar-refractivity contribution >= 4 is 5.91 Å². The van der Waals surface area contributed by atoms with Crippen LogP contribution >= 0.6 is 0 Å². The van der Waals surface area contributed by atoms with Gasteiger partial charge in [-0.15, -0.1) is 0 Å². The SMILES string of the molecule is Cc1cccc(CCC=C[C@@H]2[C@H]3CC(CCOCC(=O)N(C)C(C)(C)C)=C[C@H]3C[C@H]2O)c1. The predicted molar refractivity (Wildman–Crippen MR) is 130 cm³/mol. The highest BCUT2D eigenvalue weighted by Crippen LogP contribution is 2.47. The number of fused-ring (bicyclic) bond motifs is 1.